The molecule has 0 amide bonds. The number of rotatable bonds is 0. The van der Waals surface area contributed by atoms with E-state index < -0.39 is 0 Å². The van der Waals surface area contributed by atoms with Crippen molar-refractivity contribution in [2.24, 2.45) is 0 Å². The molecule has 1 aliphatic carbocycles. The molecule has 2 aromatic carbocycles. The fourth-order valence-electron chi connectivity index (χ4n) is 2.64. The second kappa shape index (κ2) is 3.44. The van der Waals surface area contributed by atoms with Crippen molar-refractivity contribution in [2.75, 3.05) is 0 Å². The molecule has 0 bridgehead atoms. The van der Waals surface area contributed by atoms with E-state index in [1.807, 2.05) is 11.3 Å². The molecule has 0 saturated heterocycles. The van der Waals surface area contributed by atoms with Gasteiger partial charge in [0.15, 0.2) is 0 Å². The number of hydrogen-bond donors (Lipinski definition) is 0. The molecule has 0 nitrogen and oxygen atoms in total. The van der Waals surface area contributed by atoms with Crippen LogP contribution in [0, 0.1) is 0 Å². The fraction of sp³-hybridized carbons (Fsp3) is 0.0667. The summed E-state index contributed by atoms with van der Waals surface area (Å²) in [7, 11) is 0. The van der Waals surface area contributed by atoms with Crippen molar-refractivity contribution in [1.82, 2.24) is 0 Å². The maximum atomic E-state index is 3.55. The van der Waals surface area contributed by atoms with E-state index in [9.17, 15) is 0 Å². The van der Waals surface area contributed by atoms with Gasteiger partial charge in [-0.2, -0.15) is 0 Å². The van der Waals surface area contributed by atoms with Crippen LogP contribution in [0.25, 0.3) is 21.2 Å². The van der Waals surface area contributed by atoms with Gasteiger partial charge in [-0.25, -0.2) is 0 Å². The van der Waals surface area contributed by atoms with Crippen molar-refractivity contribution in [3.63, 3.8) is 0 Å². The van der Waals surface area contributed by atoms with Gasteiger partial charge >= 0.3 is 0 Å². The Morgan fingerprint density at radius 1 is 1.06 bits per heavy atom. The monoisotopic (exact) mass is 300 g/mol. The van der Waals surface area contributed by atoms with E-state index >= 15 is 0 Å². The first-order valence-electron chi connectivity index (χ1n) is 5.62. The molecule has 0 radical (unpaired) electrons. The largest absolute Gasteiger partial charge is 0.139 e. The highest BCUT2D eigenvalue weighted by Crippen LogP contribution is 2.46. The lowest BCUT2D eigenvalue weighted by Crippen LogP contribution is -1.79. The summed E-state index contributed by atoms with van der Waals surface area (Å²) in [5.74, 6) is 0. The Hall–Kier alpha value is -1.12. The fourth-order valence-corrected chi connectivity index (χ4v) is 4.29. The molecule has 17 heavy (non-hydrogen) atoms. The van der Waals surface area contributed by atoms with E-state index in [1.54, 1.807) is 0 Å². The normalized spacial score (nSPS) is 12.8. The molecule has 0 aliphatic heterocycles. The molecular formula is C15H9BrS. The smallest absolute Gasteiger partial charge is 0.0352 e. The summed E-state index contributed by atoms with van der Waals surface area (Å²) in [6.07, 6.45) is 1.09. The van der Waals surface area contributed by atoms with E-state index in [-0.39, 0.29) is 0 Å². The average molecular weight is 301 g/mol. The SMILES string of the molecule is Brc1ccc2c(c1)Cc1sc3ccccc3c1-2. The number of hydrogen-bond acceptors (Lipinski definition) is 1. The molecule has 1 aromatic heterocycles. The van der Waals surface area contributed by atoms with Crippen molar-refractivity contribution >= 4 is 37.4 Å². The quantitative estimate of drug-likeness (QED) is 0.417. The summed E-state index contributed by atoms with van der Waals surface area (Å²) in [5.41, 5.74) is 4.33. The van der Waals surface area contributed by atoms with Crippen LogP contribution >= 0.6 is 27.3 Å². The van der Waals surface area contributed by atoms with E-state index in [0.29, 0.717) is 0 Å². The zero-order valence-electron chi connectivity index (χ0n) is 9.03. The molecule has 0 spiro atoms. The third kappa shape index (κ3) is 1.34. The van der Waals surface area contributed by atoms with Crippen molar-refractivity contribution in [2.45, 2.75) is 6.42 Å². The first-order chi connectivity index (χ1) is 8.33. The Morgan fingerprint density at radius 2 is 1.94 bits per heavy atom. The van der Waals surface area contributed by atoms with Gasteiger partial charge in [0.2, 0.25) is 0 Å². The molecule has 0 saturated carbocycles. The lowest BCUT2D eigenvalue weighted by Gasteiger charge is -2.01. The maximum absolute atomic E-state index is 3.55. The molecule has 3 aromatic rings. The molecule has 1 aliphatic rings. The van der Waals surface area contributed by atoms with Gasteiger partial charge in [-0.3, -0.25) is 0 Å². The van der Waals surface area contributed by atoms with Crippen LogP contribution < -0.4 is 0 Å². The Labute approximate surface area is 112 Å². The summed E-state index contributed by atoms with van der Waals surface area (Å²) in [6, 6.07) is 15.3. The van der Waals surface area contributed by atoms with Gasteiger partial charge in [-0.05, 0) is 29.3 Å². The van der Waals surface area contributed by atoms with Crippen molar-refractivity contribution in [3.05, 3.63) is 57.4 Å². The molecule has 0 N–H and O–H groups in total. The van der Waals surface area contributed by atoms with Gasteiger partial charge in [0.25, 0.3) is 0 Å². The summed E-state index contributed by atoms with van der Waals surface area (Å²) < 4.78 is 2.58. The molecule has 0 unspecified atom stereocenters. The highest BCUT2D eigenvalue weighted by molar-refractivity contribution is 9.10. The third-order valence-corrected chi connectivity index (χ3v) is 5.02. The summed E-state index contributed by atoms with van der Waals surface area (Å²) in [4.78, 5) is 1.51. The predicted octanol–water partition coefficient (Wildman–Crippen LogP) is 5.24. The van der Waals surface area contributed by atoms with Crippen LogP contribution in [-0.4, -0.2) is 0 Å². The summed E-state index contributed by atoms with van der Waals surface area (Å²) >= 11 is 5.48. The average Bonchev–Trinajstić information content (AvgIpc) is 2.83. The predicted molar refractivity (Wildman–Crippen MR) is 77.8 cm³/mol. The Kier molecular flexibility index (Phi) is 1.99. The zero-order chi connectivity index (χ0) is 11.4. The lowest BCUT2D eigenvalue weighted by atomic mass is 10.0. The maximum Gasteiger partial charge on any atom is 0.0352 e. The number of fused-ring (bicyclic) bond motifs is 5. The second-order valence-electron chi connectivity index (χ2n) is 4.37. The molecule has 1 heterocycles. The number of benzene rings is 2. The van der Waals surface area contributed by atoms with E-state index in [1.165, 1.54) is 36.1 Å². The lowest BCUT2D eigenvalue weighted by molar-refractivity contribution is 1.30. The Bertz CT molecular complexity index is 740. The van der Waals surface area contributed by atoms with Crippen LogP contribution in [0.15, 0.2) is 46.9 Å². The molecule has 0 atom stereocenters. The Balaban J connectivity index is 2.10. The van der Waals surface area contributed by atoms with Crippen molar-refractivity contribution < 1.29 is 0 Å². The zero-order valence-corrected chi connectivity index (χ0v) is 11.4. The molecule has 82 valence electrons. The van der Waals surface area contributed by atoms with E-state index in [4.69, 9.17) is 0 Å². The first-order valence-corrected chi connectivity index (χ1v) is 7.23. The van der Waals surface area contributed by atoms with Crippen LogP contribution in [0.4, 0.5) is 0 Å². The minimum absolute atomic E-state index is 1.09. The van der Waals surface area contributed by atoms with Crippen LogP contribution in [-0.2, 0) is 6.42 Å². The van der Waals surface area contributed by atoms with Gasteiger partial charge in [0.05, 0.1) is 0 Å². The minimum Gasteiger partial charge on any atom is -0.139 e. The second-order valence-corrected chi connectivity index (χ2v) is 6.43. The van der Waals surface area contributed by atoms with Crippen LogP contribution in [0.3, 0.4) is 0 Å². The topological polar surface area (TPSA) is 0 Å². The van der Waals surface area contributed by atoms with Crippen LogP contribution in [0.2, 0.25) is 0 Å². The van der Waals surface area contributed by atoms with Crippen molar-refractivity contribution in [1.29, 1.82) is 0 Å². The minimum atomic E-state index is 1.09. The number of halogens is 1. The summed E-state index contributed by atoms with van der Waals surface area (Å²) in [5, 5.41) is 1.41. The first kappa shape index (κ1) is 9.86. The molecule has 0 fully saturated rings. The third-order valence-electron chi connectivity index (χ3n) is 3.36. The van der Waals surface area contributed by atoms with Crippen molar-refractivity contribution in [3.8, 4) is 11.1 Å². The van der Waals surface area contributed by atoms with E-state index in [0.717, 1.165) is 6.42 Å². The van der Waals surface area contributed by atoms with Gasteiger partial charge in [-0.1, -0.05) is 40.2 Å². The Morgan fingerprint density at radius 3 is 2.88 bits per heavy atom. The molecular weight excluding hydrogens is 292 g/mol. The molecule has 4 rings (SSSR count). The van der Waals surface area contributed by atoms with Crippen LogP contribution in [0.1, 0.15) is 10.4 Å². The summed E-state index contributed by atoms with van der Waals surface area (Å²) in [6.45, 7) is 0. The van der Waals surface area contributed by atoms with Gasteiger partial charge in [-0.15, -0.1) is 11.3 Å². The van der Waals surface area contributed by atoms with Crippen LogP contribution in [0.5, 0.6) is 0 Å². The van der Waals surface area contributed by atoms with Gasteiger partial charge in [0.1, 0.15) is 0 Å². The standard InChI is InChI=1S/C15H9BrS/c16-10-5-6-11-9(7-10)8-14-15(11)12-3-1-2-4-13(12)17-14/h1-7H,8H2. The highest BCUT2D eigenvalue weighted by atomic mass is 79.9. The van der Waals surface area contributed by atoms with E-state index in [2.05, 4.69) is 58.4 Å². The van der Waals surface area contributed by atoms with Gasteiger partial charge < -0.3 is 0 Å². The number of thiophene rings is 1. The van der Waals surface area contributed by atoms with Gasteiger partial charge in [0, 0.05) is 31.4 Å². The molecule has 2 heteroatoms. The highest BCUT2D eigenvalue weighted by Gasteiger charge is 2.23.